The van der Waals surface area contributed by atoms with Crippen molar-refractivity contribution in [3.63, 3.8) is 0 Å². The van der Waals surface area contributed by atoms with E-state index in [-0.39, 0.29) is 12.0 Å². The van der Waals surface area contributed by atoms with Gasteiger partial charge in [0.1, 0.15) is 17.6 Å². The van der Waals surface area contributed by atoms with Crippen LogP contribution in [0.3, 0.4) is 0 Å². The molecule has 0 spiro atoms. The summed E-state index contributed by atoms with van der Waals surface area (Å²) in [5, 5.41) is 4.06. The maximum Gasteiger partial charge on any atom is 0.274 e. The number of amides is 1. The fourth-order valence-electron chi connectivity index (χ4n) is 3.34. The zero-order chi connectivity index (χ0) is 19.5. The number of rotatable bonds is 4. The van der Waals surface area contributed by atoms with Gasteiger partial charge in [-0.1, -0.05) is 18.1 Å². The van der Waals surface area contributed by atoms with Crippen LogP contribution in [0.25, 0.3) is 11.3 Å². The Kier molecular flexibility index (Phi) is 5.12. The van der Waals surface area contributed by atoms with Crippen LogP contribution in [0.5, 0.6) is 0 Å². The molecule has 1 amide bonds. The lowest BCUT2D eigenvalue weighted by atomic mass is 10.1. The number of aromatic nitrogens is 4. The van der Waals surface area contributed by atoms with E-state index >= 15 is 0 Å². The highest BCUT2D eigenvalue weighted by Crippen LogP contribution is 2.29. The molecule has 1 saturated heterocycles. The van der Waals surface area contributed by atoms with Gasteiger partial charge in [0, 0.05) is 25.4 Å². The van der Waals surface area contributed by atoms with Gasteiger partial charge in [-0.15, -0.1) is 0 Å². The first-order chi connectivity index (χ1) is 13.7. The van der Waals surface area contributed by atoms with Crippen LogP contribution in [0.1, 0.15) is 40.7 Å². The molecule has 8 heteroatoms. The lowest BCUT2D eigenvalue weighted by Gasteiger charge is -2.32. The molecule has 3 aromatic heterocycles. The van der Waals surface area contributed by atoms with Gasteiger partial charge in [-0.05, 0) is 19.1 Å². The predicted octanol–water partition coefficient (Wildman–Crippen LogP) is 2.61. The Balaban J connectivity index is 1.58. The van der Waals surface area contributed by atoms with E-state index in [1.165, 1.54) is 12.4 Å². The third-order valence-corrected chi connectivity index (χ3v) is 4.75. The summed E-state index contributed by atoms with van der Waals surface area (Å²) in [6.45, 7) is 5.29. The first-order valence-corrected chi connectivity index (χ1v) is 9.26. The molecule has 4 heterocycles. The Morgan fingerprint density at radius 3 is 3.00 bits per heavy atom. The molecule has 1 atom stereocenters. The minimum absolute atomic E-state index is 0.152. The van der Waals surface area contributed by atoms with Crippen molar-refractivity contribution in [2.75, 3.05) is 19.7 Å². The van der Waals surface area contributed by atoms with E-state index < -0.39 is 0 Å². The van der Waals surface area contributed by atoms with Gasteiger partial charge < -0.3 is 14.2 Å². The standard InChI is InChI=1S/C20H21N5O3/c1-3-17-19(13(2)24-28-17)15-6-4-5-14(23-15)18-12-25(9-10-27-18)20(26)16-11-21-7-8-22-16/h4-8,11,18H,3,9-10,12H2,1-2H3/t18-/m1/s1. The first-order valence-electron chi connectivity index (χ1n) is 9.26. The molecule has 28 heavy (non-hydrogen) atoms. The average Bonchev–Trinajstić information content (AvgIpc) is 3.14. The topological polar surface area (TPSA) is 94.2 Å². The molecule has 3 aromatic rings. The number of ether oxygens (including phenoxy) is 1. The van der Waals surface area contributed by atoms with E-state index in [1.807, 2.05) is 32.0 Å². The fourth-order valence-corrected chi connectivity index (χ4v) is 3.34. The minimum Gasteiger partial charge on any atom is -0.368 e. The Bertz CT molecular complexity index is 973. The van der Waals surface area contributed by atoms with E-state index in [2.05, 4.69) is 15.1 Å². The van der Waals surface area contributed by atoms with Gasteiger partial charge >= 0.3 is 0 Å². The Morgan fingerprint density at radius 1 is 1.32 bits per heavy atom. The number of aryl methyl sites for hydroxylation is 2. The summed E-state index contributed by atoms with van der Waals surface area (Å²) in [4.78, 5) is 27.3. The van der Waals surface area contributed by atoms with Crippen LogP contribution < -0.4 is 0 Å². The number of morpholine rings is 1. The van der Waals surface area contributed by atoms with Crippen LogP contribution in [0, 0.1) is 6.92 Å². The quantitative estimate of drug-likeness (QED) is 0.688. The molecule has 4 rings (SSSR count). The van der Waals surface area contributed by atoms with E-state index in [0.717, 1.165) is 34.8 Å². The van der Waals surface area contributed by atoms with Gasteiger partial charge in [-0.2, -0.15) is 0 Å². The third kappa shape index (κ3) is 3.50. The zero-order valence-electron chi connectivity index (χ0n) is 15.8. The Hall–Kier alpha value is -3.13. The number of nitrogens with zero attached hydrogens (tertiary/aromatic N) is 5. The largest absolute Gasteiger partial charge is 0.368 e. The van der Waals surface area contributed by atoms with Crippen LogP contribution in [0.2, 0.25) is 0 Å². The van der Waals surface area contributed by atoms with E-state index in [1.54, 1.807) is 11.1 Å². The molecule has 1 aliphatic rings. The Morgan fingerprint density at radius 2 is 2.21 bits per heavy atom. The van der Waals surface area contributed by atoms with Gasteiger partial charge in [0.2, 0.25) is 0 Å². The second kappa shape index (κ2) is 7.85. The molecule has 0 aromatic carbocycles. The molecule has 144 valence electrons. The van der Waals surface area contributed by atoms with Crippen molar-refractivity contribution in [3.8, 4) is 11.3 Å². The smallest absolute Gasteiger partial charge is 0.274 e. The van der Waals surface area contributed by atoms with Crippen molar-refractivity contribution in [1.29, 1.82) is 0 Å². The summed E-state index contributed by atoms with van der Waals surface area (Å²) >= 11 is 0. The monoisotopic (exact) mass is 379 g/mol. The van der Waals surface area contributed by atoms with Crippen molar-refractivity contribution < 1.29 is 14.1 Å². The SMILES string of the molecule is CCc1onc(C)c1-c1cccc([C@H]2CN(C(=O)c3cnccn3)CCO2)n1. The molecule has 0 bridgehead atoms. The van der Waals surface area contributed by atoms with Crippen LogP contribution in [0.4, 0.5) is 0 Å². The zero-order valence-corrected chi connectivity index (χ0v) is 15.8. The second-order valence-electron chi connectivity index (χ2n) is 6.57. The van der Waals surface area contributed by atoms with Crippen LogP contribution in [-0.4, -0.2) is 50.6 Å². The summed E-state index contributed by atoms with van der Waals surface area (Å²) in [5.41, 5.74) is 3.64. The number of hydrogen-bond acceptors (Lipinski definition) is 7. The average molecular weight is 379 g/mol. The normalized spacial score (nSPS) is 16.9. The van der Waals surface area contributed by atoms with E-state index in [4.69, 9.17) is 14.2 Å². The van der Waals surface area contributed by atoms with Crippen LogP contribution in [-0.2, 0) is 11.2 Å². The highest BCUT2D eigenvalue weighted by molar-refractivity contribution is 5.92. The maximum absolute atomic E-state index is 12.7. The number of pyridine rings is 1. The fraction of sp³-hybridized carbons (Fsp3) is 0.350. The number of hydrogen-bond donors (Lipinski definition) is 0. The summed E-state index contributed by atoms with van der Waals surface area (Å²) in [6, 6.07) is 5.79. The van der Waals surface area contributed by atoms with Crippen molar-refractivity contribution in [2.24, 2.45) is 0 Å². The lowest BCUT2D eigenvalue weighted by Crippen LogP contribution is -2.42. The first kappa shape index (κ1) is 18.2. The van der Waals surface area contributed by atoms with Crippen molar-refractivity contribution in [3.05, 3.63) is 59.6 Å². The van der Waals surface area contributed by atoms with Gasteiger partial charge in [0.15, 0.2) is 0 Å². The van der Waals surface area contributed by atoms with Crippen LogP contribution in [0.15, 0.2) is 41.3 Å². The van der Waals surface area contributed by atoms with E-state index in [9.17, 15) is 4.79 Å². The third-order valence-electron chi connectivity index (χ3n) is 4.75. The molecule has 0 saturated carbocycles. The molecule has 0 unspecified atom stereocenters. The van der Waals surface area contributed by atoms with Crippen molar-refractivity contribution >= 4 is 5.91 Å². The molecule has 0 radical (unpaired) electrons. The predicted molar refractivity (Wildman–Crippen MR) is 100 cm³/mol. The Labute approximate surface area is 162 Å². The summed E-state index contributed by atoms with van der Waals surface area (Å²) in [5.74, 6) is 0.659. The molecule has 0 N–H and O–H groups in total. The molecular formula is C20H21N5O3. The second-order valence-corrected chi connectivity index (χ2v) is 6.57. The molecule has 8 nitrogen and oxygen atoms in total. The lowest BCUT2D eigenvalue weighted by molar-refractivity contribution is -0.0248. The molecular weight excluding hydrogens is 358 g/mol. The van der Waals surface area contributed by atoms with Gasteiger partial charge in [0.25, 0.3) is 5.91 Å². The van der Waals surface area contributed by atoms with E-state index in [0.29, 0.717) is 25.4 Å². The highest BCUT2D eigenvalue weighted by Gasteiger charge is 2.28. The van der Waals surface area contributed by atoms with Crippen molar-refractivity contribution in [1.82, 2.24) is 25.0 Å². The van der Waals surface area contributed by atoms with Gasteiger partial charge in [-0.25, -0.2) is 9.97 Å². The van der Waals surface area contributed by atoms with Gasteiger partial charge in [0.05, 0.1) is 42.0 Å². The number of carbonyl (C=O) groups is 1. The highest BCUT2D eigenvalue weighted by atomic mass is 16.5. The summed E-state index contributed by atoms with van der Waals surface area (Å²) in [6.07, 6.45) is 4.98. The minimum atomic E-state index is -0.306. The summed E-state index contributed by atoms with van der Waals surface area (Å²) in [7, 11) is 0. The van der Waals surface area contributed by atoms with Gasteiger partial charge in [-0.3, -0.25) is 9.78 Å². The molecule has 1 fully saturated rings. The molecule has 0 aliphatic carbocycles. The van der Waals surface area contributed by atoms with Crippen LogP contribution >= 0.6 is 0 Å². The van der Waals surface area contributed by atoms with Crippen molar-refractivity contribution in [2.45, 2.75) is 26.4 Å². The summed E-state index contributed by atoms with van der Waals surface area (Å²) < 4.78 is 11.3. The number of carbonyl (C=O) groups excluding carboxylic acids is 1. The maximum atomic E-state index is 12.7. The molecule has 1 aliphatic heterocycles.